The average Bonchev–Trinajstić information content (AvgIpc) is 2.38. The normalized spacial score (nSPS) is 37.1. The molecule has 2 saturated heterocycles. The maximum Gasteiger partial charge on any atom is 0.0579 e. The lowest BCUT2D eigenvalue weighted by molar-refractivity contribution is -0.149. The van der Waals surface area contributed by atoms with Crippen LogP contribution in [0.5, 0.6) is 0 Å². The van der Waals surface area contributed by atoms with Crippen LogP contribution in [0.25, 0.3) is 0 Å². The van der Waals surface area contributed by atoms with Crippen LogP contribution >= 0.6 is 0 Å². The summed E-state index contributed by atoms with van der Waals surface area (Å²) in [6, 6.07) is 0.675. The van der Waals surface area contributed by atoms with Gasteiger partial charge in [0.2, 0.25) is 0 Å². The molecule has 0 radical (unpaired) electrons. The van der Waals surface area contributed by atoms with E-state index in [-0.39, 0.29) is 12.0 Å². The minimum atomic E-state index is 0.0539. The molecular formula is C11H21NO2. The van der Waals surface area contributed by atoms with Gasteiger partial charge in [-0.1, -0.05) is 6.92 Å². The second-order valence-corrected chi connectivity index (χ2v) is 5.27. The van der Waals surface area contributed by atoms with Gasteiger partial charge < -0.3 is 9.84 Å². The highest BCUT2D eigenvalue weighted by atomic mass is 16.5. The Balaban J connectivity index is 1.90. The molecule has 0 aromatic heterocycles. The van der Waals surface area contributed by atoms with Gasteiger partial charge in [0.1, 0.15) is 0 Å². The number of hydrogen-bond donors (Lipinski definition) is 1. The second kappa shape index (κ2) is 3.80. The van der Waals surface area contributed by atoms with Crippen LogP contribution in [-0.4, -0.2) is 49.0 Å². The van der Waals surface area contributed by atoms with Crippen LogP contribution in [0.1, 0.15) is 20.3 Å². The van der Waals surface area contributed by atoms with Crippen molar-refractivity contribution in [3.8, 4) is 0 Å². The van der Waals surface area contributed by atoms with Crippen molar-refractivity contribution in [2.75, 3.05) is 32.9 Å². The zero-order valence-corrected chi connectivity index (χ0v) is 9.20. The summed E-state index contributed by atoms with van der Waals surface area (Å²) in [6.45, 7) is 8.53. The van der Waals surface area contributed by atoms with Gasteiger partial charge in [-0.15, -0.1) is 0 Å². The molecule has 82 valence electrons. The van der Waals surface area contributed by atoms with Crippen molar-refractivity contribution in [1.82, 2.24) is 4.90 Å². The Morgan fingerprint density at radius 1 is 1.43 bits per heavy atom. The number of nitrogens with zero attached hydrogens (tertiary/aromatic N) is 1. The van der Waals surface area contributed by atoms with E-state index in [4.69, 9.17) is 4.74 Å². The minimum Gasteiger partial charge on any atom is -0.396 e. The fourth-order valence-electron chi connectivity index (χ4n) is 2.66. The zero-order chi connectivity index (χ0) is 10.2. The monoisotopic (exact) mass is 199 g/mol. The van der Waals surface area contributed by atoms with Crippen LogP contribution in [0.4, 0.5) is 0 Å². The lowest BCUT2D eigenvalue weighted by Crippen LogP contribution is -2.53. The Morgan fingerprint density at radius 2 is 2.14 bits per heavy atom. The quantitative estimate of drug-likeness (QED) is 0.727. The summed E-state index contributed by atoms with van der Waals surface area (Å²) in [7, 11) is 0. The van der Waals surface area contributed by atoms with Gasteiger partial charge in [-0.3, -0.25) is 4.90 Å². The number of aliphatic hydroxyl groups is 1. The van der Waals surface area contributed by atoms with E-state index in [2.05, 4.69) is 18.7 Å². The van der Waals surface area contributed by atoms with Gasteiger partial charge in [0, 0.05) is 19.1 Å². The molecule has 0 saturated carbocycles. The predicted molar refractivity (Wildman–Crippen MR) is 55.2 cm³/mol. The highest BCUT2D eigenvalue weighted by Gasteiger charge is 2.41. The molecule has 0 aromatic carbocycles. The highest BCUT2D eigenvalue weighted by Crippen LogP contribution is 2.32. The van der Waals surface area contributed by atoms with Crippen molar-refractivity contribution in [3.63, 3.8) is 0 Å². The van der Waals surface area contributed by atoms with E-state index in [0.717, 1.165) is 25.7 Å². The summed E-state index contributed by atoms with van der Waals surface area (Å²) >= 11 is 0. The molecule has 2 heterocycles. The van der Waals surface area contributed by atoms with E-state index in [1.165, 1.54) is 13.0 Å². The van der Waals surface area contributed by atoms with Crippen LogP contribution in [0, 0.1) is 11.3 Å². The third-order valence-corrected chi connectivity index (χ3v) is 3.60. The fraction of sp³-hybridized carbons (Fsp3) is 1.00. The van der Waals surface area contributed by atoms with Gasteiger partial charge in [-0.2, -0.15) is 0 Å². The number of rotatable bonds is 3. The van der Waals surface area contributed by atoms with Crippen molar-refractivity contribution in [2.45, 2.75) is 26.3 Å². The van der Waals surface area contributed by atoms with Gasteiger partial charge in [0.15, 0.2) is 0 Å². The second-order valence-electron chi connectivity index (χ2n) is 5.27. The maximum atomic E-state index is 9.34. The summed E-state index contributed by atoms with van der Waals surface area (Å²) in [6.07, 6.45) is 1.29. The van der Waals surface area contributed by atoms with Crippen LogP contribution in [0.15, 0.2) is 0 Å². The summed E-state index contributed by atoms with van der Waals surface area (Å²) in [5, 5.41) is 9.34. The van der Waals surface area contributed by atoms with Gasteiger partial charge in [-0.25, -0.2) is 0 Å². The third kappa shape index (κ3) is 1.81. The van der Waals surface area contributed by atoms with Crippen LogP contribution in [0.3, 0.4) is 0 Å². The summed E-state index contributed by atoms with van der Waals surface area (Å²) in [5.74, 6) is 0.807. The molecule has 0 aromatic rings. The topological polar surface area (TPSA) is 32.7 Å². The zero-order valence-electron chi connectivity index (χ0n) is 9.20. The van der Waals surface area contributed by atoms with Gasteiger partial charge in [-0.05, 0) is 19.3 Å². The largest absolute Gasteiger partial charge is 0.396 e. The van der Waals surface area contributed by atoms with E-state index in [1.54, 1.807) is 0 Å². The molecule has 2 fully saturated rings. The minimum absolute atomic E-state index is 0.0539. The predicted octanol–water partition coefficient (Wildman–Crippen LogP) is 0.726. The lowest BCUT2D eigenvalue weighted by atomic mass is 9.86. The van der Waals surface area contributed by atoms with E-state index >= 15 is 0 Å². The summed E-state index contributed by atoms with van der Waals surface area (Å²) < 4.78 is 5.21. The number of ether oxygens (including phenoxy) is 1. The molecule has 3 heteroatoms. The van der Waals surface area contributed by atoms with Crippen LogP contribution in [-0.2, 0) is 4.74 Å². The summed E-state index contributed by atoms with van der Waals surface area (Å²) in [5.41, 5.74) is 0.0539. The number of hydrogen-bond acceptors (Lipinski definition) is 3. The smallest absolute Gasteiger partial charge is 0.0579 e. The average molecular weight is 199 g/mol. The van der Waals surface area contributed by atoms with Gasteiger partial charge >= 0.3 is 0 Å². The van der Waals surface area contributed by atoms with Crippen LogP contribution < -0.4 is 0 Å². The summed E-state index contributed by atoms with van der Waals surface area (Å²) in [4.78, 5) is 2.50. The first-order chi connectivity index (χ1) is 6.65. The molecule has 2 aliphatic heterocycles. The standard InChI is InChI=1S/C11H21NO2/c1-9-3-10(2)12(4-9)5-11(6-13)7-14-8-11/h9-10,13H,3-8H2,1-2H3. The van der Waals surface area contributed by atoms with E-state index in [1.807, 2.05) is 0 Å². The fourth-order valence-corrected chi connectivity index (χ4v) is 2.66. The Hall–Kier alpha value is -0.120. The Labute approximate surface area is 86.0 Å². The molecule has 0 aliphatic carbocycles. The molecular weight excluding hydrogens is 178 g/mol. The molecule has 1 N–H and O–H groups in total. The van der Waals surface area contributed by atoms with E-state index in [0.29, 0.717) is 6.04 Å². The maximum absolute atomic E-state index is 9.34. The Bertz CT molecular complexity index is 198. The molecule has 0 amide bonds. The number of likely N-dealkylation sites (tertiary alicyclic amines) is 1. The first-order valence-corrected chi connectivity index (χ1v) is 5.58. The van der Waals surface area contributed by atoms with E-state index in [9.17, 15) is 5.11 Å². The number of aliphatic hydroxyl groups excluding tert-OH is 1. The molecule has 14 heavy (non-hydrogen) atoms. The van der Waals surface area contributed by atoms with Crippen molar-refractivity contribution in [3.05, 3.63) is 0 Å². The van der Waals surface area contributed by atoms with Gasteiger partial charge in [0.05, 0.1) is 25.2 Å². The van der Waals surface area contributed by atoms with Crippen LogP contribution in [0.2, 0.25) is 0 Å². The molecule has 3 nitrogen and oxygen atoms in total. The van der Waals surface area contributed by atoms with Crippen molar-refractivity contribution >= 4 is 0 Å². The van der Waals surface area contributed by atoms with Gasteiger partial charge in [0.25, 0.3) is 0 Å². The lowest BCUT2D eigenvalue weighted by Gasteiger charge is -2.43. The Morgan fingerprint density at radius 3 is 2.50 bits per heavy atom. The first kappa shape index (κ1) is 10.4. The molecule has 2 atom stereocenters. The Kier molecular flexibility index (Phi) is 2.82. The highest BCUT2D eigenvalue weighted by molar-refractivity contribution is 4.92. The molecule has 2 rings (SSSR count). The first-order valence-electron chi connectivity index (χ1n) is 5.58. The third-order valence-electron chi connectivity index (χ3n) is 3.60. The van der Waals surface area contributed by atoms with Crippen molar-refractivity contribution in [1.29, 1.82) is 0 Å². The molecule has 2 unspecified atom stereocenters. The van der Waals surface area contributed by atoms with Crippen molar-refractivity contribution in [2.24, 2.45) is 11.3 Å². The molecule has 0 spiro atoms. The SMILES string of the molecule is CC1CC(C)N(CC2(CO)COC2)C1. The molecule has 2 aliphatic rings. The van der Waals surface area contributed by atoms with E-state index < -0.39 is 0 Å². The molecule has 0 bridgehead atoms. The van der Waals surface area contributed by atoms with Crippen molar-refractivity contribution < 1.29 is 9.84 Å².